The minimum Gasteiger partial charge on any atom is -0.379 e. The fourth-order valence-corrected chi connectivity index (χ4v) is 2.35. The van der Waals surface area contributed by atoms with Crippen LogP contribution in [0, 0.1) is 0 Å². The quantitative estimate of drug-likeness (QED) is 0.380. The van der Waals surface area contributed by atoms with E-state index in [1.807, 2.05) is 13.8 Å². The van der Waals surface area contributed by atoms with Crippen molar-refractivity contribution >= 4 is 29.9 Å². The minimum atomic E-state index is -0.206. The lowest BCUT2D eigenvalue weighted by molar-refractivity contribution is -0.0174. The maximum Gasteiger partial charge on any atom is 0.191 e. The highest BCUT2D eigenvalue weighted by molar-refractivity contribution is 14.0. The standard InChI is InChI=1S/C15H32N4O2.HI/c1-12(19-7-8-21-10-13(19)2)9-17-14(16-5)18-11-15(3,4)20-6;/h12-13H,7-11H2,1-6H3,(H2,16,17,18);1H. The van der Waals surface area contributed by atoms with Crippen molar-refractivity contribution < 1.29 is 9.47 Å². The average molecular weight is 428 g/mol. The van der Waals surface area contributed by atoms with Crippen LogP contribution in [0.4, 0.5) is 0 Å². The van der Waals surface area contributed by atoms with Gasteiger partial charge in [0.05, 0.1) is 18.8 Å². The third kappa shape index (κ3) is 7.43. The molecule has 0 radical (unpaired) electrons. The lowest BCUT2D eigenvalue weighted by Crippen LogP contribution is -2.53. The van der Waals surface area contributed by atoms with Gasteiger partial charge >= 0.3 is 0 Å². The summed E-state index contributed by atoms with van der Waals surface area (Å²) < 4.78 is 10.9. The fraction of sp³-hybridized carbons (Fsp3) is 0.933. The second kappa shape index (κ2) is 10.6. The van der Waals surface area contributed by atoms with Crippen molar-refractivity contribution in [1.29, 1.82) is 0 Å². The monoisotopic (exact) mass is 428 g/mol. The second-order valence-corrected chi connectivity index (χ2v) is 6.28. The Morgan fingerprint density at radius 1 is 1.45 bits per heavy atom. The van der Waals surface area contributed by atoms with Crippen LogP contribution in [0.1, 0.15) is 27.7 Å². The zero-order valence-corrected chi connectivity index (χ0v) is 17.1. The van der Waals surface area contributed by atoms with Gasteiger partial charge in [0.15, 0.2) is 5.96 Å². The van der Waals surface area contributed by atoms with Gasteiger partial charge in [-0.3, -0.25) is 9.89 Å². The fourth-order valence-electron chi connectivity index (χ4n) is 2.35. The Hall–Kier alpha value is -0.120. The molecule has 2 atom stereocenters. The highest BCUT2D eigenvalue weighted by atomic mass is 127. The Morgan fingerprint density at radius 2 is 2.14 bits per heavy atom. The summed E-state index contributed by atoms with van der Waals surface area (Å²) in [5, 5.41) is 6.69. The molecule has 1 saturated heterocycles. The van der Waals surface area contributed by atoms with Crippen LogP contribution >= 0.6 is 24.0 Å². The molecular weight excluding hydrogens is 395 g/mol. The largest absolute Gasteiger partial charge is 0.379 e. The highest BCUT2D eigenvalue weighted by Crippen LogP contribution is 2.10. The molecule has 132 valence electrons. The van der Waals surface area contributed by atoms with E-state index in [-0.39, 0.29) is 29.6 Å². The predicted molar refractivity (Wildman–Crippen MR) is 102 cm³/mol. The Balaban J connectivity index is 0.00000441. The third-order valence-corrected chi connectivity index (χ3v) is 4.01. The Kier molecular flexibility index (Phi) is 10.6. The average Bonchev–Trinajstić information content (AvgIpc) is 2.47. The van der Waals surface area contributed by atoms with Crippen LogP contribution in [-0.2, 0) is 9.47 Å². The van der Waals surface area contributed by atoms with E-state index in [0.29, 0.717) is 18.6 Å². The summed E-state index contributed by atoms with van der Waals surface area (Å²) in [4.78, 5) is 6.73. The summed E-state index contributed by atoms with van der Waals surface area (Å²) in [6.07, 6.45) is 0. The van der Waals surface area contributed by atoms with Crippen LogP contribution in [0.2, 0.25) is 0 Å². The maximum absolute atomic E-state index is 5.49. The number of aliphatic imine (C=N–C) groups is 1. The van der Waals surface area contributed by atoms with Crippen LogP contribution in [0.25, 0.3) is 0 Å². The molecule has 0 aliphatic carbocycles. The molecule has 1 heterocycles. The van der Waals surface area contributed by atoms with Crippen LogP contribution in [0.15, 0.2) is 4.99 Å². The molecule has 0 saturated carbocycles. The van der Waals surface area contributed by atoms with Crippen molar-refractivity contribution in [2.24, 2.45) is 4.99 Å². The zero-order valence-electron chi connectivity index (χ0n) is 14.8. The minimum absolute atomic E-state index is 0. The van der Waals surface area contributed by atoms with Gasteiger partial charge in [-0.2, -0.15) is 0 Å². The third-order valence-electron chi connectivity index (χ3n) is 4.01. The molecule has 1 rings (SSSR count). The molecular formula is C15H33IN4O2. The van der Waals surface area contributed by atoms with E-state index >= 15 is 0 Å². The van der Waals surface area contributed by atoms with Crippen LogP contribution < -0.4 is 10.6 Å². The predicted octanol–water partition coefficient (Wildman–Crippen LogP) is 1.30. The van der Waals surface area contributed by atoms with Crippen LogP contribution in [-0.4, -0.2) is 75.5 Å². The van der Waals surface area contributed by atoms with Gasteiger partial charge in [0.2, 0.25) is 0 Å². The summed E-state index contributed by atoms with van der Waals surface area (Å²) >= 11 is 0. The zero-order chi connectivity index (χ0) is 15.9. The molecule has 0 bridgehead atoms. The Bertz CT molecular complexity index is 340. The first kappa shape index (κ1) is 21.9. The van der Waals surface area contributed by atoms with Gasteiger partial charge < -0.3 is 20.1 Å². The van der Waals surface area contributed by atoms with Gasteiger partial charge in [0.1, 0.15) is 0 Å². The van der Waals surface area contributed by atoms with Crippen molar-refractivity contribution in [1.82, 2.24) is 15.5 Å². The van der Waals surface area contributed by atoms with Gasteiger partial charge in [-0.05, 0) is 27.7 Å². The second-order valence-electron chi connectivity index (χ2n) is 6.28. The van der Waals surface area contributed by atoms with E-state index in [1.54, 1.807) is 14.2 Å². The van der Waals surface area contributed by atoms with E-state index in [0.717, 1.165) is 32.3 Å². The number of halogens is 1. The van der Waals surface area contributed by atoms with Crippen LogP contribution in [0.3, 0.4) is 0 Å². The molecule has 0 aromatic carbocycles. The van der Waals surface area contributed by atoms with Crippen molar-refractivity contribution in [3.05, 3.63) is 0 Å². The van der Waals surface area contributed by atoms with E-state index in [9.17, 15) is 0 Å². The lowest BCUT2D eigenvalue weighted by Gasteiger charge is -2.38. The molecule has 22 heavy (non-hydrogen) atoms. The molecule has 1 fully saturated rings. The van der Waals surface area contributed by atoms with Gasteiger partial charge in [-0.1, -0.05) is 0 Å². The van der Waals surface area contributed by atoms with Gasteiger partial charge in [-0.25, -0.2) is 0 Å². The number of methoxy groups -OCH3 is 1. The molecule has 2 N–H and O–H groups in total. The highest BCUT2D eigenvalue weighted by Gasteiger charge is 2.23. The molecule has 1 aliphatic rings. The van der Waals surface area contributed by atoms with Crippen LogP contribution in [0.5, 0.6) is 0 Å². The summed E-state index contributed by atoms with van der Waals surface area (Å²) in [6, 6.07) is 0.913. The normalized spacial score (nSPS) is 21.9. The number of rotatable bonds is 6. The summed E-state index contributed by atoms with van der Waals surface area (Å²) in [7, 11) is 3.51. The number of guanidine groups is 1. The van der Waals surface area contributed by atoms with E-state index in [4.69, 9.17) is 9.47 Å². The number of morpholine rings is 1. The summed E-state index contributed by atoms with van der Waals surface area (Å²) in [5.74, 6) is 0.813. The van der Waals surface area contributed by atoms with Gasteiger partial charge in [0, 0.05) is 45.9 Å². The number of hydrogen-bond acceptors (Lipinski definition) is 4. The van der Waals surface area contributed by atoms with Crippen molar-refractivity contribution in [3.63, 3.8) is 0 Å². The Morgan fingerprint density at radius 3 is 2.68 bits per heavy atom. The molecule has 0 aromatic rings. The smallest absolute Gasteiger partial charge is 0.191 e. The number of nitrogens with zero attached hydrogens (tertiary/aromatic N) is 2. The summed E-state index contributed by atoms with van der Waals surface area (Å²) in [6.45, 7) is 12.8. The SMILES string of the molecule is CN=C(NCC(C)N1CCOCC1C)NCC(C)(C)OC.I. The number of nitrogens with one attached hydrogen (secondary N) is 2. The first-order valence-corrected chi connectivity index (χ1v) is 7.73. The van der Waals surface area contributed by atoms with E-state index in [1.165, 1.54) is 0 Å². The molecule has 0 amide bonds. The molecule has 6 nitrogen and oxygen atoms in total. The maximum atomic E-state index is 5.49. The molecule has 2 unspecified atom stereocenters. The lowest BCUT2D eigenvalue weighted by atomic mass is 10.1. The van der Waals surface area contributed by atoms with Crippen molar-refractivity contribution in [3.8, 4) is 0 Å². The number of hydrogen-bond donors (Lipinski definition) is 2. The first-order valence-electron chi connectivity index (χ1n) is 7.73. The van der Waals surface area contributed by atoms with Crippen molar-refractivity contribution in [2.75, 3.05) is 47.0 Å². The molecule has 0 spiro atoms. The van der Waals surface area contributed by atoms with E-state index < -0.39 is 0 Å². The topological polar surface area (TPSA) is 58.1 Å². The molecule has 1 aliphatic heterocycles. The van der Waals surface area contributed by atoms with E-state index in [2.05, 4.69) is 34.4 Å². The van der Waals surface area contributed by atoms with Crippen molar-refractivity contribution in [2.45, 2.75) is 45.4 Å². The molecule has 0 aromatic heterocycles. The number of ether oxygens (including phenoxy) is 2. The first-order chi connectivity index (χ1) is 9.89. The Labute approximate surface area is 152 Å². The summed E-state index contributed by atoms with van der Waals surface area (Å²) in [5.41, 5.74) is -0.206. The van der Waals surface area contributed by atoms with Gasteiger partial charge in [-0.15, -0.1) is 24.0 Å². The van der Waals surface area contributed by atoms with Gasteiger partial charge in [0.25, 0.3) is 0 Å². The molecule has 7 heteroatoms.